The second kappa shape index (κ2) is 8.09. The Morgan fingerprint density at radius 1 is 1.45 bits per heavy atom. The molecule has 1 aromatic heterocycles. The summed E-state index contributed by atoms with van der Waals surface area (Å²) in [5, 5.41) is 0. The predicted molar refractivity (Wildman–Crippen MR) is 84.6 cm³/mol. The molecule has 0 aliphatic carbocycles. The van der Waals surface area contributed by atoms with Gasteiger partial charge in [0, 0.05) is 24.0 Å². The maximum absolute atomic E-state index is 12.1. The number of hydrogen-bond acceptors (Lipinski definition) is 5. The van der Waals surface area contributed by atoms with Gasteiger partial charge in [-0.05, 0) is 45.5 Å². The minimum atomic E-state index is -3.38. The second-order valence-electron chi connectivity index (χ2n) is 4.90. The van der Waals surface area contributed by atoms with Gasteiger partial charge in [0.05, 0.1) is 0 Å². The lowest BCUT2D eigenvalue weighted by molar-refractivity contribution is 0.256. The Hall–Kier alpha value is -0.470. The van der Waals surface area contributed by atoms with Crippen molar-refractivity contribution in [1.82, 2.24) is 9.62 Å². The molecule has 1 rings (SSSR count). The lowest BCUT2D eigenvalue weighted by atomic mass is 10.2. The first-order valence-electron chi connectivity index (χ1n) is 6.89. The van der Waals surface area contributed by atoms with Crippen LogP contribution in [-0.2, 0) is 16.4 Å². The molecule has 0 radical (unpaired) electrons. The number of sulfonamides is 1. The van der Waals surface area contributed by atoms with Crippen LogP contribution in [0.5, 0.6) is 0 Å². The number of rotatable bonds is 9. The standard InChI is InChI=1S/C13H25N3O2S2/c1-4-11(2)16(3)10-9-15-20(17,18)13-6-5-12(19-13)7-8-14/h5-6,11,15H,4,7-10,14H2,1-3H3. The highest BCUT2D eigenvalue weighted by molar-refractivity contribution is 7.91. The largest absolute Gasteiger partial charge is 0.330 e. The van der Waals surface area contributed by atoms with Crippen molar-refractivity contribution >= 4 is 21.4 Å². The molecule has 3 N–H and O–H groups in total. The Morgan fingerprint density at radius 3 is 2.75 bits per heavy atom. The second-order valence-corrected chi connectivity index (χ2v) is 8.06. The van der Waals surface area contributed by atoms with Gasteiger partial charge in [0.15, 0.2) is 0 Å². The van der Waals surface area contributed by atoms with Crippen LogP contribution in [0.2, 0.25) is 0 Å². The van der Waals surface area contributed by atoms with E-state index >= 15 is 0 Å². The van der Waals surface area contributed by atoms with E-state index in [-0.39, 0.29) is 0 Å². The van der Waals surface area contributed by atoms with Crippen LogP contribution in [0.15, 0.2) is 16.3 Å². The Bertz CT molecular complexity index is 499. The number of thiophene rings is 1. The van der Waals surface area contributed by atoms with Crippen molar-refractivity contribution in [1.29, 1.82) is 0 Å². The van der Waals surface area contributed by atoms with E-state index in [4.69, 9.17) is 5.73 Å². The Morgan fingerprint density at radius 2 is 2.15 bits per heavy atom. The first-order valence-corrected chi connectivity index (χ1v) is 9.19. The molecule has 0 fully saturated rings. The molecule has 0 bridgehead atoms. The molecule has 1 unspecified atom stereocenters. The zero-order valence-electron chi connectivity index (χ0n) is 12.4. The highest BCUT2D eigenvalue weighted by Crippen LogP contribution is 2.21. The van der Waals surface area contributed by atoms with Gasteiger partial charge in [0.25, 0.3) is 0 Å². The molecule has 1 aromatic rings. The molecule has 0 spiro atoms. The Balaban J connectivity index is 2.52. The third kappa shape index (κ3) is 5.14. The lowest BCUT2D eigenvalue weighted by Gasteiger charge is -2.23. The van der Waals surface area contributed by atoms with Crippen molar-refractivity contribution in [3.05, 3.63) is 17.0 Å². The van der Waals surface area contributed by atoms with E-state index in [1.165, 1.54) is 11.3 Å². The van der Waals surface area contributed by atoms with Gasteiger partial charge < -0.3 is 10.6 Å². The fourth-order valence-electron chi connectivity index (χ4n) is 1.74. The number of nitrogens with two attached hydrogens (primary N) is 1. The van der Waals surface area contributed by atoms with Crippen LogP contribution in [0.3, 0.4) is 0 Å². The molecular weight excluding hydrogens is 294 g/mol. The summed E-state index contributed by atoms with van der Waals surface area (Å²) in [5.41, 5.74) is 5.47. The number of likely N-dealkylation sites (N-methyl/N-ethyl adjacent to an activating group) is 1. The maximum Gasteiger partial charge on any atom is 0.250 e. The van der Waals surface area contributed by atoms with Crippen LogP contribution >= 0.6 is 11.3 Å². The van der Waals surface area contributed by atoms with E-state index < -0.39 is 10.0 Å². The third-order valence-corrected chi connectivity index (χ3v) is 6.49. The first-order chi connectivity index (χ1) is 9.40. The van der Waals surface area contributed by atoms with E-state index in [1.54, 1.807) is 6.07 Å². The molecule has 0 saturated carbocycles. The fourth-order valence-corrected chi connectivity index (χ4v) is 4.18. The molecular formula is C13H25N3O2S2. The van der Waals surface area contributed by atoms with Gasteiger partial charge >= 0.3 is 0 Å². The highest BCUT2D eigenvalue weighted by Gasteiger charge is 2.16. The van der Waals surface area contributed by atoms with Crippen LogP contribution in [-0.4, -0.2) is 46.0 Å². The molecule has 5 nitrogen and oxygen atoms in total. The number of nitrogens with zero attached hydrogens (tertiary/aromatic N) is 1. The smallest absolute Gasteiger partial charge is 0.250 e. The van der Waals surface area contributed by atoms with Crippen LogP contribution < -0.4 is 10.5 Å². The zero-order valence-corrected chi connectivity index (χ0v) is 14.1. The monoisotopic (exact) mass is 319 g/mol. The summed E-state index contributed by atoms with van der Waals surface area (Å²) in [6.45, 7) is 5.92. The topological polar surface area (TPSA) is 75.4 Å². The SMILES string of the molecule is CCC(C)N(C)CCNS(=O)(=O)c1ccc(CCN)s1. The van der Waals surface area contributed by atoms with Crippen LogP contribution in [0.1, 0.15) is 25.1 Å². The molecule has 0 saturated heterocycles. The van der Waals surface area contributed by atoms with Crippen LogP contribution in [0.25, 0.3) is 0 Å². The molecule has 7 heteroatoms. The van der Waals surface area contributed by atoms with Gasteiger partial charge in [0.1, 0.15) is 4.21 Å². The Labute approximate surface area is 126 Å². The summed E-state index contributed by atoms with van der Waals surface area (Å²) < 4.78 is 27.3. The molecule has 0 aliphatic rings. The summed E-state index contributed by atoms with van der Waals surface area (Å²) in [4.78, 5) is 3.15. The van der Waals surface area contributed by atoms with Crippen molar-refractivity contribution in [2.24, 2.45) is 5.73 Å². The van der Waals surface area contributed by atoms with Crippen molar-refractivity contribution < 1.29 is 8.42 Å². The van der Waals surface area contributed by atoms with E-state index in [1.807, 2.05) is 13.1 Å². The average Bonchev–Trinajstić information content (AvgIpc) is 2.87. The van der Waals surface area contributed by atoms with Crippen molar-refractivity contribution in [2.75, 3.05) is 26.7 Å². The Kier molecular flexibility index (Phi) is 7.11. The average molecular weight is 319 g/mol. The first kappa shape index (κ1) is 17.6. The van der Waals surface area contributed by atoms with Gasteiger partial charge in [-0.25, -0.2) is 13.1 Å². The van der Waals surface area contributed by atoms with Gasteiger partial charge in [-0.1, -0.05) is 6.92 Å². The molecule has 116 valence electrons. The number of nitrogens with one attached hydrogen (secondary N) is 1. The van der Waals surface area contributed by atoms with E-state index in [9.17, 15) is 8.42 Å². The van der Waals surface area contributed by atoms with Crippen molar-refractivity contribution in [3.8, 4) is 0 Å². The van der Waals surface area contributed by atoms with Gasteiger partial charge in [0.2, 0.25) is 10.0 Å². The van der Waals surface area contributed by atoms with E-state index in [0.29, 0.717) is 29.9 Å². The summed E-state index contributed by atoms with van der Waals surface area (Å²) in [5.74, 6) is 0. The van der Waals surface area contributed by atoms with Crippen LogP contribution in [0, 0.1) is 0 Å². The molecule has 1 heterocycles. The number of hydrogen-bond donors (Lipinski definition) is 2. The minimum Gasteiger partial charge on any atom is -0.330 e. The van der Waals surface area contributed by atoms with Gasteiger partial charge in [-0.15, -0.1) is 11.3 Å². The summed E-state index contributed by atoms with van der Waals surface area (Å²) in [6, 6.07) is 3.94. The summed E-state index contributed by atoms with van der Waals surface area (Å²) in [7, 11) is -1.38. The highest BCUT2D eigenvalue weighted by atomic mass is 32.2. The normalized spacial score (nSPS) is 13.8. The zero-order chi connectivity index (χ0) is 15.2. The van der Waals surface area contributed by atoms with E-state index in [2.05, 4.69) is 23.5 Å². The molecule has 20 heavy (non-hydrogen) atoms. The van der Waals surface area contributed by atoms with Crippen molar-refractivity contribution in [3.63, 3.8) is 0 Å². The third-order valence-electron chi connectivity index (χ3n) is 3.39. The summed E-state index contributed by atoms with van der Waals surface area (Å²) in [6.07, 6.45) is 1.77. The molecule has 0 aromatic carbocycles. The quantitative estimate of drug-likeness (QED) is 0.718. The minimum absolute atomic E-state index is 0.368. The fraction of sp³-hybridized carbons (Fsp3) is 0.692. The van der Waals surface area contributed by atoms with Crippen molar-refractivity contribution in [2.45, 2.75) is 36.9 Å². The van der Waals surface area contributed by atoms with Crippen LogP contribution in [0.4, 0.5) is 0 Å². The van der Waals surface area contributed by atoms with Gasteiger partial charge in [-0.3, -0.25) is 0 Å². The van der Waals surface area contributed by atoms with E-state index in [0.717, 1.165) is 17.7 Å². The molecule has 0 aliphatic heterocycles. The van der Waals surface area contributed by atoms with Gasteiger partial charge in [-0.2, -0.15) is 0 Å². The maximum atomic E-state index is 12.1. The lowest BCUT2D eigenvalue weighted by Crippen LogP contribution is -2.36. The predicted octanol–water partition coefficient (Wildman–Crippen LogP) is 1.26. The molecule has 0 amide bonds. The molecule has 1 atom stereocenters. The summed E-state index contributed by atoms with van der Waals surface area (Å²) >= 11 is 1.29.